The summed E-state index contributed by atoms with van der Waals surface area (Å²) in [5.41, 5.74) is 8.54. The minimum atomic E-state index is -0.925. The van der Waals surface area contributed by atoms with Crippen LogP contribution in [0, 0.1) is 0 Å². The molecule has 0 radical (unpaired) electrons. The van der Waals surface area contributed by atoms with Gasteiger partial charge in [-0.05, 0) is 96.1 Å². The largest absolute Gasteiger partial charge is 0.483 e. The number of benzene rings is 3. The van der Waals surface area contributed by atoms with Gasteiger partial charge in [0, 0.05) is 17.0 Å². The lowest BCUT2D eigenvalue weighted by Gasteiger charge is -2.31. The Morgan fingerprint density at radius 2 is 1.43 bits per heavy atom. The van der Waals surface area contributed by atoms with Crippen LogP contribution >= 0.6 is 0 Å². The Bertz CT molecular complexity index is 1420. The van der Waals surface area contributed by atoms with Crippen molar-refractivity contribution in [3.63, 3.8) is 0 Å². The zero-order valence-corrected chi connectivity index (χ0v) is 20.4. The van der Waals surface area contributed by atoms with Gasteiger partial charge in [-0.15, -0.1) is 0 Å². The Balaban J connectivity index is 1.51. The molecule has 176 valence electrons. The number of carbonyl (C=O) groups is 1. The second-order valence-electron chi connectivity index (χ2n) is 9.92. The molecule has 2 heterocycles. The predicted octanol–water partition coefficient (Wildman–Crippen LogP) is 7.77. The summed E-state index contributed by atoms with van der Waals surface area (Å²) in [6.07, 6.45) is 2.20. The molecule has 1 aliphatic rings. The minimum Gasteiger partial charge on any atom is -0.483 e. The Morgan fingerprint density at radius 1 is 0.829 bits per heavy atom. The molecule has 0 bridgehead atoms. The van der Waals surface area contributed by atoms with E-state index in [-0.39, 0.29) is 5.56 Å². The van der Waals surface area contributed by atoms with Crippen LogP contribution in [0.15, 0.2) is 84.9 Å². The van der Waals surface area contributed by atoms with Crippen molar-refractivity contribution in [1.82, 2.24) is 4.98 Å². The van der Waals surface area contributed by atoms with Crippen LogP contribution in [0.5, 0.6) is 5.75 Å². The zero-order chi connectivity index (χ0) is 24.7. The summed E-state index contributed by atoms with van der Waals surface area (Å²) < 4.78 is 6.29. The monoisotopic (exact) mass is 463 g/mol. The molecule has 4 heteroatoms. The number of nitrogens with one attached hydrogen (secondary N) is 1. The van der Waals surface area contributed by atoms with E-state index in [0.29, 0.717) is 5.92 Å². The number of aromatic nitrogens is 1. The SMILES string of the molecule is CC(C)c1ccc(C2=CC(C)(C)Oc3ccc(-c4ccc(-c5ccc(C(=O)O)cc5)[nH]4)cc32)cc1. The molecule has 35 heavy (non-hydrogen) atoms. The first kappa shape index (κ1) is 22.7. The highest BCUT2D eigenvalue weighted by Gasteiger charge is 2.27. The van der Waals surface area contributed by atoms with Gasteiger partial charge in [-0.3, -0.25) is 0 Å². The average Bonchev–Trinajstić information content (AvgIpc) is 3.33. The third-order valence-corrected chi connectivity index (χ3v) is 6.46. The van der Waals surface area contributed by atoms with Crippen LogP contribution in [0.3, 0.4) is 0 Å². The molecule has 0 atom stereocenters. The van der Waals surface area contributed by atoms with E-state index < -0.39 is 11.6 Å². The summed E-state index contributed by atoms with van der Waals surface area (Å²) >= 11 is 0. The summed E-state index contributed by atoms with van der Waals surface area (Å²) in [7, 11) is 0. The lowest BCUT2D eigenvalue weighted by Crippen LogP contribution is -2.29. The van der Waals surface area contributed by atoms with Crippen LogP contribution in [-0.2, 0) is 0 Å². The number of aromatic amines is 1. The van der Waals surface area contributed by atoms with Gasteiger partial charge >= 0.3 is 5.97 Å². The summed E-state index contributed by atoms with van der Waals surface area (Å²) in [6.45, 7) is 8.58. The Hall–Kier alpha value is -4.05. The fourth-order valence-corrected chi connectivity index (χ4v) is 4.55. The molecule has 0 fully saturated rings. The van der Waals surface area contributed by atoms with Gasteiger partial charge in [-0.2, -0.15) is 0 Å². The van der Waals surface area contributed by atoms with Gasteiger partial charge in [-0.25, -0.2) is 4.79 Å². The molecule has 3 aromatic carbocycles. The second kappa shape index (κ2) is 8.62. The van der Waals surface area contributed by atoms with E-state index in [2.05, 4.69) is 81.2 Å². The average molecular weight is 464 g/mol. The van der Waals surface area contributed by atoms with Crippen molar-refractivity contribution in [3.05, 3.63) is 107 Å². The van der Waals surface area contributed by atoms with Crippen molar-refractivity contribution in [2.24, 2.45) is 0 Å². The third-order valence-electron chi connectivity index (χ3n) is 6.46. The van der Waals surface area contributed by atoms with Gasteiger partial charge in [0.2, 0.25) is 0 Å². The van der Waals surface area contributed by atoms with Crippen molar-refractivity contribution >= 4 is 11.5 Å². The van der Waals surface area contributed by atoms with Crippen LogP contribution in [0.25, 0.3) is 28.1 Å². The van der Waals surface area contributed by atoms with E-state index in [1.165, 1.54) is 16.7 Å². The van der Waals surface area contributed by atoms with Crippen molar-refractivity contribution in [3.8, 4) is 28.3 Å². The fourth-order valence-electron chi connectivity index (χ4n) is 4.55. The number of ether oxygens (including phenoxy) is 1. The fraction of sp³-hybridized carbons (Fsp3) is 0.194. The smallest absolute Gasteiger partial charge is 0.335 e. The molecule has 0 unspecified atom stereocenters. The Kier molecular flexibility index (Phi) is 5.60. The molecular formula is C31H29NO3. The van der Waals surface area contributed by atoms with E-state index >= 15 is 0 Å². The number of H-pyrrole nitrogens is 1. The molecule has 1 aliphatic heterocycles. The molecule has 0 amide bonds. The molecule has 4 aromatic rings. The molecule has 0 aliphatic carbocycles. The summed E-state index contributed by atoms with van der Waals surface area (Å²) in [4.78, 5) is 14.6. The van der Waals surface area contributed by atoms with Crippen molar-refractivity contribution in [2.75, 3.05) is 0 Å². The lowest BCUT2D eigenvalue weighted by molar-refractivity contribution is 0.0697. The highest BCUT2D eigenvalue weighted by molar-refractivity contribution is 5.89. The number of rotatable bonds is 5. The van der Waals surface area contributed by atoms with Crippen LogP contribution in [0.4, 0.5) is 0 Å². The molecule has 0 saturated heterocycles. The molecular weight excluding hydrogens is 434 g/mol. The van der Waals surface area contributed by atoms with E-state index in [1.807, 2.05) is 24.3 Å². The summed E-state index contributed by atoms with van der Waals surface area (Å²) in [5.74, 6) is 0.441. The number of fused-ring (bicyclic) bond motifs is 1. The van der Waals surface area contributed by atoms with Gasteiger partial charge in [0.05, 0.1) is 5.56 Å². The van der Waals surface area contributed by atoms with Gasteiger partial charge in [0.1, 0.15) is 11.4 Å². The number of carboxylic acids is 1. The summed E-state index contributed by atoms with van der Waals surface area (Å²) in [6, 6.07) is 26.1. The van der Waals surface area contributed by atoms with Crippen LogP contribution in [0.2, 0.25) is 0 Å². The minimum absolute atomic E-state index is 0.277. The van der Waals surface area contributed by atoms with Crippen LogP contribution in [0.1, 0.15) is 60.7 Å². The lowest BCUT2D eigenvalue weighted by atomic mass is 9.88. The zero-order valence-electron chi connectivity index (χ0n) is 20.4. The number of hydrogen-bond donors (Lipinski definition) is 2. The number of aromatic carboxylic acids is 1. The third kappa shape index (κ3) is 4.52. The number of hydrogen-bond acceptors (Lipinski definition) is 2. The molecule has 4 nitrogen and oxygen atoms in total. The second-order valence-corrected chi connectivity index (χ2v) is 9.92. The quantitative estimate of drug-likeness (QED) is 0.318. The van der Waals surface area contributed by atoms with Gasteiger partial charge in [-0.1, -0.05) is 50.2 Å². The maximum atomic E-state index is 11.1. The number of carboxylic acid groups (broad SMARTS) is 1. The molecule has 0 spiro atoms. The highest BCUT2D eigenvalue weighted by Crippen LogP contribution is 2.41. The van der Waals surface area contributed by atoms with E-state index in [4.69, 9.17) is 9.84 Å². The first-order valence-corrected chi connectivity index (χ1v) is 11.9. The van der Waals surface area contributed by atoms with Crippen molar-refractivity contribution in [2.45, 2.75) is 39.2 Å². The highest BCUT2D eigenvalue weighted by atomic mass is 16.5. The van der Waals surface area contributed by atoms with Crippen LogP contribution < -0.4 is 4.74 Å². The Labute approximate surface area is 205 Å². The van der Waals surface area contributed by atoms with E-state index in [0.717, 1.165) is 33.8 Å². The maximum absolute atomic E-state index is 11.1. The van der Waals surface area contributed by atoms with E-state index in [9.17, 15) is 4.79 Å². The molecule has 5 rings (SSSR count). The van der Waals surface area contributed by atoms with Crippen molar-refractivity contribution < 1.29 is 14.6 Å². The van der Waals surface area contributed by atoms with Gasteiger partial charge in [0.25, 0.3) is 0 Å². The van der Waals surface area contributed by atoms with Gasteiger partial charge in [0.15, 0.2) is 0 Å². The first-order valence-electron chi connectivity index (χ1n) is 11.9. The predicted molar refractivity (Wildman–Crippen MR) is 141 cm³/mol. The van der Waals surface area contributed by atoms with Crippen LogP contribution in [-0.4, -0.2) is 21.7 Å². The Morgan fingerprint density at radius 3 is 2.06 bits per heavy atom. The maximum Gasteiger partial charge on any atom is 0.335 e. The normalized spacial score (nSPS) is 14.3. The van der Waals surface area contributed by atoms with E-state index in [1.54, 1.807) is 12.1 Å². The standard InChI is InChI=1S/C31H29NO3/c1-19(2)20-5-7-21(8-6-20)26-18-31(3,4)35-29-16-13-24(17-25(26)29)28-15-14-27(32-28)22-9-11-23(12-10-22)30(33)34/h5-19,32H,1-4H3,(H,33,34). The molecule has 2 N–H and O–H groups in total. The topological polar surface area (TPSA) is 62.3 Å². The molecule has 1 aromatic heterocycles. The van der Waals surface area contributed by atoms with Gasteiger partial charge < -0.3 is 14.8 Å². The van der Waals surface area contributed by atoms with Crippen molar-refractivity contribution in [1.29, 1.82) is 0 Å². The molecule has 0 saturated carbocycles. The first-order chi connectivity index (χ1) is 16.7. The summed E-state index contributed by atoms with van der Waals surface area (Å²) in [5, 5.41) is 9.15.